The topological polar surface area (TPSA) is 34.5 Å². The number of pyridine rings is 1. The minimum absolute atomic E-state index is 0.0246. The zero-order valence-corrected chi connectivity index (χ0v) is 15.9. The highest BCUT2D eigenvalue weighted by atomic mass is 16.5. The maximum atomic E-state index is 12.5. The van der Waals surface area contributed by atoms with Gasteiger partial charge in [-0.3, -0.25) is 4.79 Å². The summed E-state index contributed by atoms with van der Waals surface area (Å²) in [4.78, 5) is 15.0. The van der Waals surface area contributed by atoms with Gasteiger partial charge < -0.3 is 14.2 Å². The summed E-state index contributed by atoms with van der Waals surface area (Å²) in [6.07, 6.45) is 4.31. The van der Waals surface area contributed by atoms with Gasteiger partial charge >= 0.3 is 0 Å². The van der Waals surface area contributed by atoms with Gasteiger partial charge in [0.15, 0.2) is 0 Å². The van der Waals surface area contributed by atoms with E-state index in [0.717, 1.165) is 25.2 Å². The molecule has 0 spiro atoms. The molecule has 1 aliphatic rings. The highest BCUT2D eigenvalue weighted by molar-refractivity contribution is 5.20. The molecular weight excluding hydrogens is 324 g/mol. The van der Waals surface area contributed by atoms with Crippen LogP contribution in [0, 0.1) is 11.8 Å². The summed E-state index contributed by atoms with van der Waals surface area (Å²) < 4.78 is 7.59. The Kier molecular flexibility index (Phi) is 6.51. The molecule has 1 aromatic carbocycles. The average molecular weight is 354 g/mol. The van der Waals surface area contributed by atoms with E-state index in [2.05, 4.69) is 18.7 Å². The van der Waals surface area contributed by atoms with Gasteiger partial charge in [-0.1, -0.05) is 44.2 Å². The number of rotatable bonds is 7. The van der Waals surface area contributed by atoms with Crippen molar-refractivity contribution < 1.29 is 4.74 Å². The molecule has 2 aromatic rings. The molecule has 0 aliphatic carbocycles. The molecule has 4 nitrogen and oxygen atoms in total. The SMILES string of the molecule is CC(C)CN1CCCC(Cn2ccc(OCc3ccccc3)cc2=O)C1. The van der Waals surface area contributed by atoms with E-state index in [0.29, 0.717) is 24.2 Å². The molecule has 0 radical (unpaired) electrons. The molecule has 1 aliphatic heterocycles. The van der Waals surface area contributed by atoms with Crippen LogP contribution in [0.4, 0.5) is 0 Å². The molecule has 1 fully saturated rings. The smallest absolute Gasteiger partial charge is 0.254 e. The van der Waals surface area contributed by atoms with Gasteiger partial charge in [0, 0.05) is 31.9 Å². The summed E-state index contributed by atoms with van der Waals surface area (Å²) in [5, 5.41) is 0. The second-order valence-electron chi connectivity index (χ2n) is 7.79. The first-order valence-corrected chi connectivity index (χ1v) is 9.69. The Bertz CT molecular complexity index is 739. The van der Waals surface area contributed by atoms with Gasteiger partial charge in [0.25, 0.3) is 5.56 Å². The number of piperidine rings is 1. The van der Waals surface area contributed by atoms with E-state index >= 15 is 0 Å². The average Bonchev–Trinajstić information content (AvgIpc) is 2.63. The summed E-state index contributed by atoms with van der Waals surface area (Å²) >= 11 is 0. The zero-order valence-electron chi connectivity index (χ0n) is 15.9. The molecule has 0 amide bonds. The normalized spacial score (nSPS) is 18.2. The first-order valence-electron chi connectivity index (χ1n) is 9.69. The standard InChI is InChI=1S/C22H30N2O2/c1-18(2)14-23-11-6-9-20(15-23)16-24-12-10-21(13-22(24)25)26-17-19-7-4-3-5-8-19/h3-5,7-8,10,12-13,18,20H,6,9,11,14-17H2,1-2H3. The molecule has 1 unspecified atom stereocenters. The van der Waals surface area contributed by atoms with E-state index in [4.69, 9.17) is 4.74 Å². The third kappa shape index (κ3) is 5.46. The predicted molar refractivity (Wildman–Crippen MR) is 105 cm³/mol. The van der Waals surface area contributed by atoms with E-state index in [1.807, 2.05) is 47.2 Å². The number of likely N-dealkylation sites (tertiary alicyclic amines) is 1. The molecule has 0 saturated carbocycles. The Hall–Kier alpha value is -2.07. The first-order chi connectivity index (χ1) is 12.6. The molecule has 26 heavy (non-hydrogen) atoms. The molecule has 1 aromatic heterocycles. The summed E-state index contributed by atoms with van der Waals surface area (Å²) in [6.45, 7) is 9.25. The van der Waals surface area contributed by atoms with Crippen molar-refractivity contribution in [3.8, 4) is 5.75 Å². The van der Waals surface area contributed by atoms with E-state index in [9.17, 15) is 4.79 Å². The second-order valence-corrected chi connectivity index (χ2v) is 7.79. The maximum absolute atomic E-state index is 12.5. The fourth-order valence-electron chi connectivity index (χ4n) is 3.73. The lowest BCUT2D eigenvalue weighted by Crippen LogP contribution is -2.40. The van der Waals surface area contributed by atoms with Gasteiger partial charge in [-0.25, -0.2) is 0 Å². The fourth-order valence-corrected chi connectivity index (χ4v) is 3.73. The molecular formula is C22H30N2O2. The predicted octanol–water partition coefficient (Wildman–Crippen LogP) is 3.80. The molecule has 2 heterocycles. The Balaban J connectivity index is 1.56. The minimum atomic E-state index is 0.0246. The minimum Gasteiger partial charge on any atom is -0.489 e. The third-order valence-corrected chi connectivity index (χ3v) is 4.90. The Labute approximate surface area is 156 Å². The first kappa shape index (κ1) is 18.7. The van der Waals surface area contributed by atoms with Gasteiger partial charge in [-0.05, 0) is 42.9 Å². The molecule has 0 bridgehead atoms. The summed E-state index contributed by atoms with van der Waals surface area (Å²) in [6, 6.07) is 13.5. The number of ether oxygens (including phenoxy) is 1. The molecule has 0 N–H and O–H groups in total. The van der Waals surface area contributed by atoms with Crippen LogP contribution in [-0.2, 0) is 13.2 Å². The van der Waals surface area contributed by atoms with Crippen molar-refractivity contribution in [2.24, 2.45) is 11.8 Å². The van der Waals surface area contributed by atoms with Crippen LogP contribution in [0.1, 0.15) is 32.3 Å². The van der Waals surface area contributed by atoms with Crippen LogP contribution in [0.25, 0.3) is 0 Å². The fraction of sp³-hybridized carbons (Fsp3) is 0.500. The van der Waals surface area contributed by atoms with E-state index in [1.54, 1.807) is 6.07 Å². The van der Waals surface area contributed by atoms with Crippen molar-refractivity contribution in [1.82, 2.24) is 9.47 Å². The highest BCUT2D eigenvalue weighted by Gasteiger charge is 2.21. The number of nitrogens with zero attached hydrogens (tertiary/aromatic N) is 2. The van der Waals surface area contributed by atoms with Crippen molar-refractivity contribution in [2.75, 3.05) is 19.6 Å². The molecule has 1 atom stereocenters. The number of hydrogen-bond donors (Lipinski definition) is 0. The lowest BCUT2D eigenvalue weighted by Gasteiger charge is -2.34. The monoisotopic (exact) mass is 354 g/mol. The van der Waals surface area contributed by atoms with Crippen molar-refractivity contribution >= 4 is 0 Å². The van der Waals surface area contributed by atoms with Crippen LogP contribution in [0.5, 0.6) is 5.75 Å². The quantitative estimate of drug-likeness (QED) is 0.759. The van der Waals surface area contributed by atoms with Crippen LogP contribution < -0.4 is 10.3 Å². The summed E-state index contributed by atoms with van der Waals surface area (Å²) in [5.74, 6) is 1.88. The van der Waals surface area contributed by atoms with Gasteiger partial charge in [0.05, 0.1) is 0 Å². The Morgan fingerprint density at radius 3 is 2.73 bits per heavy atom. The van der Waals surface area contributed by atoms with E-state index in [1.165, 1.54) is 19.4 Å². The number of hydrogen-bond acceptors (Lipinski definition) is 3. The molecule has 4 heteroatoms. The van der Waals surface area contributed by atoms with Crippen molar-refractivity contribution in [1.29, 1.82) is 0 Å². The maximum Gasteiger partial charge on any atom is 0.254 e. The number of aromatic nitrogens is 1. The zero-order chi connectivity index (χ0) is 18.4. The largest absolute Gasteiger partial charge is 0.489 e. The van der Waals surface area contributed by atoms with Gasteiger partial charge in [-0.2, -0.15) is 0 Å². The van der Waals surface area contributed by atoms with Crippen LogP contribution in [0.15, 0.2) is 53.5 Å². The molecule has 3 rings (SSSR count). The lowest BCUT2D eigenvalue weighted by molar-refractivity contribution is 0.147. The Morgan fingerprint density at radius 1 is 1.19 bits per heavy atom. The van der Waals surface area contributed by atoms with Crippen LogP contribution in [0.3, 0.4) is 0 Å². The van der Waals surface area contributed by atoms with Gasteiger partial charge in [0.1, 0.15) is 12.4 Å². The van der Waals surface area contributed by atoms with Crippen LogP contribution >= 0.6 is 0 Å². The second kappa shape index (κ2) is 9.04. The summed E-state index contributed by atoms with van der Waals surface area (Å²) in [5.41, 5.74) is 1.13. The van der Waals surface area contributed by atoms with Gasteiger partial charge in [-0.15, -0.1) is 0 Å². The Morgan fingerprint density at radius 2 is 2.00 bits per heavy atom. The van der Waals surface area contributed by atoms with Crippen LogP contribution in [-0.4, -0.2) is 29.1 Å². The number of benzene rings is 1. The lowest BCUT2D eigenvalue weighted by atomic mass is 9.97. The molecule has 140 valence electrons. The van der Waals surface area contributed by atoms with Crippen molar-refractivity contribution in [3.05, 3.63) is 64.6 Å². The van der Waals surface area contributed by atoms with E-state index < -0.39 is 0 Å². The summed E-state index contributed by atoms with van der Waals surface area (Å²) in [7, 11) is 0. The van der Waals surface area contributed by atoms with Crippen molar-refractivity contribution in [2.45, 2.75) is 39.8 Å². The van der Waals surface area contributed by atoms with Crippen molar-refractivity contribution in [3.63, 3.8) is 0 Å². The van der Waals surface area contributed by atoms with E-state index in [-0.39, 0.29) is 5.56 Å². The highest BCUT2D eigenvalue weighted by Crippen LogP contribution is 2.19. The van der Waals surface area contributed by atoms with Crippen LogP contribution in [0.2, 0.25) is 0 Å². The van der Waals surface area contributed by atoms with Gasteiger partial charge in [0.2, 0.25) is 0 Å². The third-order valence-electron chi connectivity index (χ3n) is 4.90. The molecule has 1 saturated heterocycles.